The summed E-state index contributed by atoms with van der Waals surface area (Å²) in [5, 5.41) is 96.3. The first-order valence-electron chi connectivity index (χ1n) is 19.7. The van der Waals surface area contributed by atoms with Crippen molar-refractivity contribution in [3.63, 3.8) is 0 Å². The first-order valence-corrected chi connectivity index (χ1v) is 19.7. The monoisotopic (exact) mass is 742 g/mol. The highest BCUT2D eigenvalue weighted by Gasteiger charge is 2.66. The largest absolute Gasteiger partial charge is 0.394 e. The summed E-state index contributed by atoms with van der Waals surface area (Å²) in [5.41, 5.74) is 0.455. The Kier molecular flexibility index (Phi) is 12.3. The standard InChI is InChI=1S/C39H66O13/c1-17(2)7-10-25(42)18(3)29-26(50-37-35(48)33(46)31(44)27(16-40)51-37)15-24-22-9-8-20-13-21(41)14-28(39(20,6)23(22)11-12-38(24,29)5)52-36-34(47)32(45)30(43)19(4)49-36/h7,18-37,40-48H,8-16H2,1-6H3. The molecule has 300 valence electrons. The Hall–Kier alpha value is -0.780. The number of fused-ring (bicyclic) bond motifs is 5. The van der Waals surface area contributed by atoms with Gasteiger partial charge in [-0.05, 0) is 112 Å². The van der Waals surface area contributed by atoms with Crippen LogP contribution in [0.2, 0.25) is 0 Å². The van der Waals surface area contributed by atoms with Gasteiger partial charge in [-0.1, -0.05) is 32.4 Å². The zero-order valence-corrected chi connectivity index (χ0v) is 31.6. The van der Waals surface area contributed by atoms with E-state index in [0.717, 1.165) is 31.3 Å². The van der Waals surface area contributed by atoms with Gasteiger partial charge < -0.3 is 64.9 Å². The molecule has 0 amide bonds. The number of hydrogen-bond donors (Lipinski definition) is 9. The SMILES string of the molecule is CC(C)=CCC(O)C(C)C1C(OC2OC(CO)C(O)C(O)C2O)CC2C3CCC4CC(O)CC(OC5OC(C)C(O)C(O)C5O)C4(C)C3CCC21C. The lowest BCUT2D eigenvalue weighted by Gasteiger charge is -2.63. The van der Waals surface area contributed by atoms with E-state index in [-0.39, 0.29) is 40.9 Å². The first-order chi connectivity index (χ1) is 24.4. The Bertz CT molecular complexity index is 1250. The summed E-state index contributed by atoms with van der Waals surface area (Å²) in [6, 6.07) is 0. The fraction of sp³-hybridized carbons (Fsp3) is 0.949. The number of ether oxygens (including phenoxy) is 4. The van der Waals surface area contributed by atoms with Crippen LogP contribution < -0.4 is 0 Å². The molecule has 6 fully saturated rings. The quantitative estimate of drug-likeness (QED) is 0.151. The fourth-order valence-electron chi connectivity index (χ4n) is 12.0. The van der Waals surface area contributed by atoms with E-state index in [4.69, 9.17) is 18.9 Å². The molecule has 0 aromatic carbocycles. The number of aliphatic hydroxyl groups is 9. The molecule has 4 saturated carbocycles. The van der Waals surface area contributed by atoms with Crippen molar-refractivity contribution in [2.24, 2.45) is 46.3 Å². The van der Waals surface area contributed by atoms with Gasteiger partial charge >= 0.3 is 0 Å². The Morgan fingerprint density at radius 2 is 1.46 bits per heavy atom. The van der Waals surface area contributed by atoms with E-state index >= 15 is 0 Å². The summed E-state index contributed by atoms with van der Waals surface area (Å²) in [7, 11) is 0. The Morgan fingerprint density at radius 1 is 0.808 bits per heavy atom. The molecule has 52 heavy (non-hydrogen) atoms. The molecule has 22 atom stereocenters. The van der Waals surface area contributed by atoms with E-state index < -0.39 is 97.8 Å². The van der Waals surface area contributed by atoms with Crippen molar-refractivity contribution in [2.75, 3.05) is 6.61 Å². The minimum absolute atomic E-state index is 0.141. The summed E-state index contributed by atoms with van der Waals surface area (Å²) in [6.07, 6.45) is -7.54. The number of rotatable bonds is 9. The molecule has 6 rings (SSSR count). The second kappa shape index (κ2) is 15.6. The predicted molar refractivity (Wildman–Crippen MR) is 187 cm³/mol. The van der Waals surface area contributed by atoms with E-state index in [2.05, 4.69) is 20.8 Å². The Balaban J connectivity index is 1.30. The van der Waals surface area contributed by atoms with E-state index in [0.29, 0.717) is 25.7 Å². The molecule has 2 aliphatic heterocycles. The molecule has 9 N–H and O–H groups in total. The van der Waals surface area contributed by atoms with Gasteiger partial charge in [0.2, 0.25) is 0 Å². The van der Waals surface area contributed by atoms with Crippen LogP contribution >= 0.6 is 0 Å². The first kappa shape index (κ1) is 40.9. The van der Waals surface area contributed by atoms with E-state index in [1.165, 1.54) is 0 Å². The van der Waals surface area contributed by atoms with Crippen LogP contribution in [-0.4, -0.2) is 138 Å². The minimum atomic E-state index is -1.56. The number of hydrogen-bond acceptors (Lipinski definition) is 13. The molecule has 0 spiro atoms. The van der Waals surface area contributed by atoms with Gasteiger partial charge in [0.1, 0.15) is 42.7 Å². The van der Waals surface area contributed by atoms with Crippen LogP contribution in [0, 0.1) is 46.3 Å². The topological polar surface area (TPSA) is 219 Å². The van der Waals surface area contributed by atoms with Crippen LogP contribution in [0.4, 0.5) is 0 Å². The van der Waals surface area contributed by atoms with Gasteiger partial charge in [0.05, 0.1) is 37.1 Å². The molecule has 0 aromatic rings. The van der Waals surface area contributed by atoms with Crippen molar-refractivity contribution < 1.29 is 64.9 Å². The summed E-state index contributed by atoms with van der Waals surface area (Å²) in [5.74, 6) is 0.397. The van der Waals surface area contributed by atoms with Crippen molar-refractivity contribution in [2.45, 2.75) is 179 Å². The van der Waals surface area contributed by atoms with Crippen LogP contribution in [0.5, 0.6) is 0 Å². The lowest BCUT2D eigenvalue weighted by molar-refractivity contribution is -0.328. The van der Waals surface area contributed by atoms with Crippen molar-refractivity contribution in [3.05, 3.63) is 11.6 Å². The highest BCUT2D eigenvalue weighted by molar-refractivity contribution is 5.15. The van der Waals surface area contributed by atoms with Gasteiger partial charge in [-0.2, -0.15) is 0 Å². The maximum Gasteiger partial charge on any atom is 0.186 e. The Labute approximate surface area is 307 Å². The highest BCUT2D eigenvalue weighted by atomic mass is 16.7. The van der Waals surface area contributed by atoms with Gasteiger partial charge in [0.25, 0.3) is 0 Å². The van der Waals surface area contributed by atoms with Crippen molar-refractivity contribution in [1.29, 1.82) is 0 Å². The van der Waals surface area contributed by atoms with E-state index in [1.807, 2.05) is 19.9 Å². The molecule has 4 aliphatic carbocycles. The van der Waals surface area contributed by atoms with Crippen molar-refractivity contribution in [3.8, 4) is 0 Å². The average Bonchev–Trinajstić information content (AvgIpc) is 3.40. The van der Waals surface area contributed by atoms with Crippen LogP contribution in [0.1, 0.15) is 92.9 Å². The predicted octanol–water partition coefficient (Wildman–Crippen LogP) is 0.977. The number of allylic oxidation sites excluding steroid dienone is 1. The number of aliphatic hydroxyl groups excluding tert-OH is 9. The molecule has 13 nitrogen and oxygen atoms in total. The third kappa shape index (κ3) is 7.07. The maximum atomic E-state index is 11.6. The van der Waals surface area contributed by atoms with E-state index in [1.54, 1.807) is 6.92 Å². The zero-order valence-electron chi connectivity index (χ0n) is 31.6. The molecule has 2 saturated heterocycles. The molecule has 0 bridgehead atoms. The Morgan fingerprint density at radius 3 is 2.12 bits per heavy atom. The van der Waals surface area contributed by atoms with Gasteiger partial charge in [0.15, 0.2) is 12.6 Å². The average molecular weight is 743 g/mol. The smallest absolute Gasteiger partial charge is 0.186 e. The summed E-state index contributed by atoms with van der Waals surface area (Å²) in [6.45, 7) is 11.7. The fourth-order valence-corrected chi connectivity index (χ4v) is 12.0. The lowest BCUT2D eigenvalue weighted by Crippen LogP contribution is -2.63. The normalized spacial score (nSPS) is 53.3. The highest BCUT2D eigenvalue weighted by Crippen LogP contribution is 2.69. The van der Waals surface area contributed by atoms with E-state index in [9.17, 15) is 46.0 Å². The zero-order chi connectivity index (χ0) is 38.0. The molecule has 22 unspecified atom stereocenters. The molecule has 13 heteroatoms. The summed E-state index contributed by atoms with van der Waals surface area (Å²) < 4.78 is 25.0. The van der Waals surface area contributed by atoms with Gasteiger partial charge in [-0.3, -0.25) is 0 Å². The molecule has 0 radical (unpaired) electrons. The maximum absolute atomic E-state index is 11.6. The van der Waals surface area contributed by atoms with Gasteiger partial charge in [0, 0.05) is 6.42 Å². The van der Waals surface area contributed by atoms with Gasteiger partial charge in [-0.15, -0.1) is 0 Å². The third-order valence-corrected chi connectivity index (χ3v) is 15.0. The van der Waals surface area contributed by atoms with Crippen LogP contribution in [0.25, 0.3) is 0 Å². The van der Waals surface area contributed by atoms with Crippen LogP contribution in [-0.2, 0) is 18.9 Å². The molecule has 6 aliphatic rings. The summed E-state index contributed by atoms with van der Waals surface area (Å²) in [4.78, 5) is 0. The second-order valence-corrected chi connectivity index (χ2v) is 18.1. The molecule has 0 aromatic heterocycles. The second-order valence-electron chi connectivity index (χ2n) is 18.1. The summed E-state index contributed by atoms with van der Waals surface area (Å²) >= 11 is 0. The third-order valence-electron chi connectivity index (χ3n) is 15.0. The van der Waals surface area contributed by atoms with Crippen LogP contribution in [0.3, 0.4) is 0 Å². The molecular weight excluding hydrogens is 676 g/mol. The molecular formula is C39H66O13. The lowest BCUT2D eigenvalue weighted by atomic mass is 9.43. The van der Waals surface area contributed by atoms with Crippen molar-refractivity contribution in [1.82, 2.24) is 0 Å². The van der Waals surface area contributed by atoms with Gasteiger partial charge in [-0.25, -0.2) is 0 Å². The molecule has 2 heterocycles. The van der Waals surface area contributed by atoms with Crippen LogP contribution in [0.15, 0.2) is 11.6 Å². The van der Waals surface area contributed by atoms with Crippen molar-refractivity contribution >= 4 is 0 Å². The minimum Gasteiger partial charge on any atom is -0.394 e.